The molecule has 19 heavy (non-hydrogen) atoms. The minimum atomic E-state index is -0.421. The Balaban J connectivity index is 2.22. The summed E-state index contributed by atoms with van der Waals surface area (Å²) in [5.74, 6) is -0.212. The fourth-order valence-electron chi connectivity index (χ4n) is 2.03. The zero-order valence-corrected chi connectivity index (χ0v) is 10.5. The van der Waals surface area contributed by atoms with E-state index in [9.17, 15) is 4.39 Å². The molecule has 0 unspecified atom stereocenters. The van der Waals surface area contributed by atoms with Crippen LogP contribution < -0.4 is 4.74 Å². The maximum atomic E-state index is 13.8. The van der Waals surface area contributed by atoms with Crippen LogP contribution in [0.15, 0.2) is 30.7 Å². The van der Waals surface area contributed by atoms with Gasteiger partial charge in [0.15, 0.2) is 17.2 Å². The van der Waals surface area contributed by atoms with Crippen LogP contribution in [-0.4, -0.2) is 26.9 Å². The third kappa shape index (κ3) is 1.81. The molecule has 0 spiro atoms. The molecule has 0 fully saturated rings. The van der Waals surface area contributed by atoms with Crippen LogP contribution in [0.25, 0.3) is 22.3 Å². The van der Waals surface area contributed by atoms with Gasteiger partial charge >= 0.3 is 0 Å². The zero-order chi connectivity index (χ0) is 13.4. The number of hydrogen-bond acceptors (Lipinski definition) is 4. The first kappa shape index (κ1) is 11.6. The second kappa shape index (κ2) is 4.31. The molecule has 6 heteroatoms. The molecule has 1 aromatic carbocycles. The van der Waals surface area contributed by atoms with E-state index in [1.165, 1.54) is 19.5 Å². The molecule has 0 saturated carbocycles. The van der Waals surface area contributed by atoms with Crippen LogP contribution in [0.4, 0.5) is 4.39 Å². The van der Waals surface area contributed by atoms with Gasteiger partial charge in [-0.05, 0) is 18.2 Å². The summed E-state index contributed by atoms with van der Waals surface area (Å²) in [4.78, 5) is 8.14. The van der Waals surface area contributed by atoms with Crippen molar-refractivity contribution in [1.82, 2.24) is 19.7 Å². The van der Waals surface area contributed by atoms with Gasteiger partial charge < -0.3 is 4.74 Å². The van der Waals surface area contributed by atoms with Crippen molar-refractivity contribution in [1.29, 1.82) is 0 Å². The van der Waals surface area contributed by atoms with Crippen LogP contribution in [0.2, 0.25) is 0 Å². The predicted molar refractivity (Wildman–Crippen MR) is 68.3 cm³/mol. The molecule has 2 heterocycles. The second-order valence-electron chi connectivity index (χ2n) is 4.08. The van der Waals surface area contributed by atoms with E-state index in [0.29, 0.717) is 16.9 Å². The quantitative estimate of drug-likeness (QED) is 0.707. The number of aryl methyl sites for hydroxylation is 1. The van der Waals surface area contributed by atoms with E-state index in [1.807, 2.05) is 0 Å². The fourth-order valence-corrected chi connectivity index (χ4v) is 2.03. The van der Waals surface area contributed by atoms with E-state index in [1.54, 1.807) is 30.1 Å². The number of hydrogen-bond donors (Lipinski definition) is 0. The van der Waals surface area contributed by atoms with Crippen molar-refractivity contribution >= 4 is 11.0 Å². The molecule has 3 aromatic rings. The van der Waals surface area contributed by atoms with Gasteiger partial charge in [-0.2, -0.15) is 5.10 Å². The summed E-state index contributed by atoms with van der Waals surface area (Å²) in [6.45, 7) is 0. The molecule has 0 saturated heterocycles. The average Bonchev–Trinajstić information content (AvgIpc) is 2.77. The van der Waals surface area contributed by atoms with Gasteiger partial charge in [-0.1, -0.05) is 0 Å². The number of halogens is 1. The lowest BCUT2D eigenvalue weighted by Gasteiger charge is -2.03. The first-order valence-electron chi connectivity index (χ1n) is 5.67. The highest BCUT2D eigenvalue weighted by molar-refractivity contribution is 5.90. The van der Waals surface area contributed by atoms with Crippen molar-refractivity contribution < 1.29 is 9.13 Å². The highest BCUT2D eigenvalue weighted by Crippen LogP contribution is 2.29. The summed E-state index contributed by atoms with van der Waals surface area (Å²) < 4.78 is 20.3. The van der Waals surface area contributed by atoms with Gasteiger partial charge in [0.2, 0.25) is 0 Å². The third-order valence-electron chi connectivity index (χ3n) is 2.93. The van der Waals surface area contributed by atoms with Crippen molar-refractivity contribution in [2.24, 2.45) is 7.05 Å². The maximum Gasteiger partial charge on any atom is 0.165 e. The van der Waals surface area contributed by atoms with Crippen LogP contribution in [-0.2, 0) is 7.05 Å². The SMILES string of the molecule is COc1ccc(-c2nn(C)c3ncncc23)cc1F. The second-order valence-corrected chi connectivity index (χ2v) is 4.08. The molecule has 0 atom stereocenters. The molecular formula is C13H11FN4O. The first-order valence-corrected chi connectivity index (χ1v) is 5.67. The van der Waals surface area contributed by atoms with E-state index in [-0.39, 0.29) is 5.75 Å². The molecule has 2 aromatic heterocycles. The lowest BCUT2D eigenvalue weighted by atomic mass is 10.1. The smallest absolute Gasteiger partial charge is 0.165 e. The number of benzene rings is 1. The van der Waals surface area contributed by atoms with Crippen LogP contribution in [0, 0.1) is 5.82 Å². The van der Waals surface area contributed by atoms with Crippen molar-refractivity contribution in [2.45, 2.75) is 0 Å². The Bertz CT molecular complexity index is 753. The van der Waals surface area contributed by atoms with Gasteiger partial charge in [-0.25, -0.2) is 19.0 Å². The lowest BCUT2D eigenvalue weighted by Crippen LogP contribution is -1.92. The molecule has 0 radical (unpaired) electrons. The fraction of sp³-hybridized carbons (Fsp3) is 0.154. The summed E-state index contributed by atoms with van der Waals surface area (Å²) >= 11 is 0. The average molecular weight is 258 g/mol. The Hall–Kier alpha value is -2.50. The first-order chi connectivity index (χ1) is 9.20. The molecule has 0 amide bonds. The molecule has 0 N–H and O–H groups in total. The van der Waals surface area contributed by atoms with E-state index < -0.39 is 5.82 Å². The molecule has 3 rings (SSSR count). The molecular weight excluding hydrogens is 247 g/mol. The van der Waals surface area contributed by atoms with E-state index in [2.05, 4.69) is 15.1 Å². The summed E-state index contributed by atoms with van der Waals surface area (Å²) in [5, 5.41) is 5.15. The minimum Gasteiger partial charge on any atom is -0.494 e. The molecule has 0 aliphatic rings. The van der Waals surface area contributed by atoms with Gasteiger partial charge in [0.1, 0.15) is 12.0 Å². The highest BCUT2D eigenvalue weighted by Gasteiger charge is 2.13. The van der Waals surface area contributed by atoms with E-state index in [0.717, 1.165) is 5.39 Å². The Kier molecular flexibility index (Phi) is 2.63. The summed E-state index contributed by atoms with van der Waals surface area (Å²) in [7, 11) is 3.22. The van der Waals surface area contributed by atoms with Crippen LogP contribution in [0.1, 0.15) is 0 Å². The van der Waals surface area contributed by atoms with Gasteiger partial charge in [0.25, 0.3) is 0 Å². The number of nitrogens with zero attached hydrogens (tertiary/aromatic N) is 4. The number of methoxy groups -OCH3 is 1. The summed E-state index contributed by atoms with van der Waals surface area (Å²) in [6, 6.07) is 4.74. The number of fused-ring (bicyclic) bond motifs is 1. The van der Waals surface area contributed by atoms with E-state index >= 15 is 0 Å². The third-order valence-corrected chi connectivity index (χ3v) is 2.93. The molecule has 96 valence electrons. The number of rotatable bonds is 2. The van der Waals surface area contributed by atoms with Crippen LogP contribution >= 0.6 is 0 Å². The molecule has 0 aliphatic heterocycles. The standard InChI is InChI=1S/C13H11FN4O/c1-18-13-9(6-15-7-16-13)12(17-18)8-3-4-11(19-2)10(14)5-8/h3-7H,1-2H3. The molecule has 0 bridgehead atoms. The lowest BCUT2D eigenvalue weighted by molar-refractivity contribution is 0.386. The topological polar surface area (TPSA) is 52.8 Å². The largest absolute Gasteiger partial charge is 0.494 e. The van der Waals surface area contributed by atoms with Gasteiger partial charge in [0, 0.05) is 18.8 Å². The number of aromatic nitrogens is 4. The van der Waals surface area contributed by atoms with E-state index in [4.69, 9.17) is 4.74 Å². The summed E-state index contributed by atoms with van der Waals surface area (Å²) in [5.41, 5.74) is 2.03. The molecule has 0 aliphatic carbocycles. The maximum absolute atomic E-state index is 13.8. The predicted octanol–water partition coefficient (Wildman–Crippen LogP) is 2.18. The Morgan fingerprint density at radius 2 is 2.16 bits per heavy atom. The van der Waals surface area contributed by atoms with Crippen molar-refractivity contribution in [2.75, 3.05) is 7.11 Å². The minimum absolute atomic E-state index is 0.209. The highest BCUT2D eigenvalue weighted by atomic mass is 19.1. The Labute approximate surface area is 108 Å². The van der Waals surface area contributed by atoms with Gasteiger partial charge in [-0.15, -0.1) is 0 Å². The summed E-state index contributed by atoms with van der Waals surface area (Å²) in [6.07, 6.45) is 3.13. The Morgan fingerprint density at radius 1 is 1.32 bits per heavy atom. The van der Waals surface area contributed by atoms with Gasteiger partial charge in [0.05, 0.1) is 12.5 Å². The van der Waals surface area contributed by atoms with Crippen LogP contribution in [0.5, 0.6) is 5.75 Å². The van der Waals surface area contributed by atoms with Crippen molar-refractivity contribution in [3.8, 4) is 17.0 Å². The zero-order valence-electron chi connectivity index (χ0n) is 10.5. The monoisotopic (exact) mass is 258 g/mol. The van der Waals surface area contributed by atoms with Crippen molar-refractivity contribution in [3.05, 3.63) is 36.5 Å². The Morgan fingerprint density at radius 3 is 2.89 bits per heavy atom. The van der Waals surface area contributed by atoms with Gasteiger partial charge in [-0.3, -0.25) is 0 Å². The number of ether oxygens (including phenoxy) is 1. The normalized spacial score (nSPS) is 10.9. The van der Waals surface area contributed by atoms with Crippen molar-refractivity contribution in [3.63, 3.8) is 0 Å². The molecule has 5 nitrogen and oxygen atoms in total. The van der Waals surface area contributed by atoms with Crippen LogP contribution in [0.3, 0.4) is 0 Å².